The largest absolute Gasteiger partial charge is 0.365 e. The van der Waals surface area contributed by atoms with Crippen LogP contribution in [-0.4, -0.2) is 17.6 Å². The number of Topliss-reactive ketones (excluding diaryl/α,β-unsaturated/α-hetero) is 1. The molecule has 1 aliphatic rings. The summed E-state index contributed by atoms with van der Waals surface area (Å²) in [5.41, 5.74) is 7.58. The average Bonchev–Trinajstić information content (AvgIpc) is 2.97. The molecule has 1 aromatic carbocycles. The number of thiophene rings is 1. The van der Waals surface area contributed by atoms with Gasteiger partial charge in [0.1, 0.15) is 5.00 Å². The number of primary amides is 1. The highest BCUT2D eigenvalue weighted by Gasteiger charge is 2.27. The van der Waals surface area contributed by atoms with Gasteiger partial charge in [-0.15, -0.1) is 11.3 Å². The molecule has 26 heavy (non-hydrogen) atoms. The van der Waals surface area contributed by atoms with Gasteiger partial charge in [-0.2, -0.15) is 0 Å². The van der Waals surface area contributed by atoms with Gasteiger partial charge in [-0.3, -0.25) is 14.4 Å². The molecule has 0 aliphatic heterocycles. The van der Waals surface area contributed by atoms with Crippen LogP contribution in [0.15, 0.2) is 30.3 Å². The predicted octanol–water partition coefficient (Wildman–Crippen LogP) is 3.57. The van der Waals surface area contributed by atoms with E-state index in [1.165, 1.54) is 11.3 Å². The van der Waals surface area contributed by atoms with Crippen LogP contribution in [0.5, 0.6) is 0 Å². The van der Waals surface area contributed by atoms with Gasteiger partial charge < -0.3 is 11.1 Å². The average molecular weight is 370 g/mol. The number of anilines is 1. The minimum atomic E-state index is -0.507. The molecular weight excluding hydrogens is 348 g/mol. The van der Waals surface area contributed by atoms with E-state index < -0.39 is 5.91 Å². The summed E-state index contributed by atoms with van der Waals surface area (Å²) in [5.74, 6) is -0.291. The summed E-state index contributed by atoms with van der Waals surface area (Å²) >= 11 is 1.44. The number of hydrogen-bond donors (Lipinski definition) is 2. The topological polar surface area (TPSA) is 89.3 Å². The van der Waals surface area contributed by atoms with Crippen molar-refractivity contribution in [3.8, 4) is 0 Å². The second kappa shape index (κ2) is 7.83. The number of amides is 2. The Morgan fingerprint density at radius 2 is 1.92 bits per heavy atom. The number of nitrogens with two attached hydrogens (primary N) is 1. The first kappa shape index (κ1) is 18.3. The van der Waals surface area contributed by atoms with Gasteiger partial charge >= 0.3 is 0 Å². The number of rotatable bonds is 6. The molecule has 0 fully saturated rings. The van der Waals surface area contributed by atoms with Gasteiger partial charge in [0, 0.05) is 23.3 Å². The minimum Gasteiger partial charge on any atom is -0.365 e. The molecule has 2 aromatic rings. The SMILES string of the molecule is CC1CCc2c(sc(NC(=O)CCC(=O)c3ccccc3)c2C(N)=O)C1. The van der Waals surface area contributed by atoms with Crippen molar-refractivity contribution in [2.24, 2.45) is 11.7 Å². The highest BCUT2D eigenvalue weighted by Crippen LogP contribution is 2.39. The standard InChI is InChI=1S/C20H22N2O3S/c1-12-7-8-14-16(11-12)26-20(18(14)19(21)25)22-17(24)10-9-15(23)13-5-3-2-4-6-13/h2-6,12H,7-11H2,1H3,(H2,21,25)(H,22,24). The van der Waals surface area contributed by atoms with Crippen molar-refractivity contribution in [2.75, 3.05) is 5.32 Å². The van der Waals surface area contributed by atoms with Crippen molar-refractivity contribution in [1.29, 1.82) is 0 Å². The van der Waals surface area contributed by atoms with Crippen LogP contribution in [0.4, 0.5) is 5.00 Å². The molecular formula is C20H22N2O3S. The van der Waals surface area contributed by atoms with E-state index in [0.29, 0.717) is 22.0 Å². The van der Waals surface area contributed by atoms with Crippen molar-refractivity contribution in [1.82, 2.24) is 0 Å². The van der Waals surface area contributed by atoms with E-state index in [-0.39, 0.29) is 24.5 Å². The summed E-state index contributed by atoms with van der Waals surface area (Å²) in [6, 6.07) is 8.90. The van der Waals surface area contributed by atoms with E-state index in [9.17, 15) is 14.4 Å². The Hall–Kier alpha value is -2.47. The lowest BCUT2D eigenvalue weighted by molar-refractivity contribution is -0.116. The molecule has 0 radical (unpaired) electrons. The number of nitrogens with one attached hydrogen (secondary N) is 1. The van der Waals surface area contributed by atoms with Gasteiger partial charge in [-0.25, -0.2) is 0 Å². The summed E-state index contributed by atoms with van der Waals surface area (Å²) in [6.45, 7) is 2.18. The maximum atomic E-state index is 12.3. The minimum absolute atomic E-state index is 0.0739. The molecule has 1 atom stereocenters. The highest BCUT2D eigenvalue weighted by molar-refractivity contribution is 7.17. The van der Waals surface area contributed by atoms with E-state index in [0.717, 1.165) is 29.7 Å². The Morgan fingerprint density at radius 3 is 2.62 bits per heavy atom. The number of benzene rings is 1. The molecule has 136 valence electrons. The van der Waals surface area contributed by atoms with Crippen molar-refractivity contribution in [3.63, 3.8) is 0 Å². The lowest BCUT2D eigenvalue weighted by Crippen LogP contribution is -2.19. The van der Waals surface area contributed by atoms with Crippen molar-refractivity contribution in [2.45, 2.75) is 39.0 Å². The molecule has 0 saturated heterocycles. The quantitative estimate of drug-likeness (QED) is 0.762. The zero-order chi connectivity index (χ0) is 18.7. The lowest BCUT2D eigenvalue weighted by atomic mass is 9.88. The zero-order valence-electron chi connectivity index (χ0n) is 14.7. The Morgan fingerprint density at radius 1 is 1.19 bits per heavy atom. The third kappa shape index (κ3) is 4.02. The number of fused-ring (bicyclic) bond motifs is 1. The number of carbonyl (C=O) groups excluding carboxylic acids is 3. The van der Waals surface area contributed by atoms with Crippen molar-refractivity contribution < 1.29 is 14.4 Å². The fourth-order valence-corrected chi connectivity index (χ4v) is 4.72. The molecule has 0 bridgehead atoms. The summed E-state index contributed by atoms with van der Waals surface area (Å²) in [5, 5.41) is 3.32. The first-order valence-corrected chi connectivity index (χ1v) is 9.59. The number of carbonyl (C=O) groups is 3. The van der Waals surface area contributed by atoms with Crippen LogP contribution in [0.25, 0.3) is 0 Å². The Kier molecular flexibility index (Phi) is 5.52. The van der Waals surface area contributed by atoms with Crippen molar-refractivity contribution in [3.05, 3.63) is 51.9 Å². The van der Waals surface area contributed by atoms with Gasteiger partial charge in [-0.05, 0) is 30.7 Å². The van der Waals surface area contributed by atoms with E-state index in [2.05, 4.69) is 12.2 Å². The van der Waals surface area contributed by atoms with Gasteiger partial charge in [0.25, 0.3) is 5.91 Å². The first-order chi connectivity index (χ1) is 12.5. The molecule has 2 amide bonds. The highest BCUT2D eigenvalue weighted by atomic mass is 32.1. The van der Waals surface area contributed by atoms with Gasteiger partial charge in [0.05, 0.1) is 5.56 Å². The maximum absolute atomic E-state index is 12.3. The van der Waals surface area contributed by atoms with Crippen LogP contribution in [0.3, 0.4) is 0 Å². The zero-order valence-corrected chi connectivity index (χ0v) is 15.5. The molecule has 3 rings (SSSR count). The number of hydrogen-bond acceptors (Lipinski definition) is 4. The Bertz CT molecular complexity index is 842. The third-order valence-electron chi connectivity index (χ3n) is 4.69. The second-order valence-corrected chi connectivity index (χ2v) is 7.86. The fraction of sp³-hybridized carbons (Fsp3) is 0.350. The van der Waals surface area contributed by atoms with Crippen LogP contribution in [0, 0.1) is 5.92 Å². The summed E-state index contributed by atoms with van der Waals surface area (Å²) in [6.07, 6.45) is 2.94. The smallest absolute Gasteiger partial charge is 0.251 e. The summed E-state index contributed by atoms with van der Waals surface area (Å²) in [4.78, 5) is 37.4. The molecule has 0 saturated carbocycles. The van der Waals surface area contributed by atoms with Crippen LogP contribution < -0.4 is 11.1 Å². The molecule has 3 N–H and O–H groups in total. The summed E-state index contributed by atoms with van der Waals surface area (Å²) < 4.78 is 0. The predicted molar refractivity (Wildman–Crippen MR) is 103 cm³/mol. The van der Waals surface area contributed by atoms with E-state index in [1.54, 1.807) is 24.3 Å². The molecule has 5 nitrogen and oxygen atoms in total. The summed E-state index contributed by atoms with van der Waals surface area (Å²) in [7, 11) is 0. The molecule has 1 aliphatic carbocycles. The molecule has 1 aromatic heterocycles. The lowest BCUT2D eigenvalue weighted by Gasteiger charge is -2.18. The van der Waals surface area contributed by atoms with E-state index in [4.69, 9.17) is 5.73 Å². The molecule has 6 heteroatoms. The van der Waals surface area contributed by atoms with Gasteiger partial charge in [-0.1, -0.05) is 37.3 Å². The van der Waals surface area contributed by atoms with E-state index >= 15 is 0 Å². The molecule has 1 unspecified atom stereocenters. The third-order valence-corrected chi connectivity index (χ3v) is 5.86. The Balaban J connectivity index is 1.68. The maximum Gasteiger partial charge on any atom is 0.251 e. The normalized spacial score (nSPS) is 16.0. The second-order valence-electron chi connectivity index (χ2n) is 6.76. The Labute approximate surface area is 156 Å². The van der Waals surface area contributed by atoms with Gasteiger partial charge in [0.2, 0.25) is 5.91 Å². The fourth-order valence-electron chi connectivity index (χ4n) is 3.28. The first-order valence-electron chi connectivity index (χ1n) is 8.78. The van der Waals surface area contributed by atoms with Crippen LogP contribution in [-0.2, 0) is 17.6 Å². The molecule has 1 heterocycles. The monoisotopic (exact) mass is 370 g/mol. The van der Waals surface area contributed by atoms with Gasteiger partial charge in [0.15, 0.2) is 5.78 Å². The number of ketones is 1. The van der Waals surface area contributed by atoms with Crippen LogP contribution in [0.2, 0.25) is 0 Å². The van der Waals surface area contributed by atoms with Crippen LogP contribution in [0.1, 0.15) is 57.3 Å². The molecule has 0 spiro atoms. The van der Waals surface area contributed by atoms with E-state index in [1.807, 2.05) is 6.07 Å². The van der Waals surface area contributed by atoms with Crippen molar-refractivity contribution >= 4 is 33.9 Å². The van der Waals surface area contributed by atoms with Crippen LogP contribution >= 0.6 is 11.3 Å².